The molecule has 41 heavy (non-hydrogen) atoms. The minimum absolute atomic E-state index is 0.00407. The second-order valence-corrected chi connectivity index (χ2v) is 18.4. The van der Waals surface area contributed by atoms with Crippen LogP contribution in [0.4, 0.5) is 0 Å². The van der Waals surface area contributed by atoms with Gasteiger partial charge in [-0.1, -0.05) is 38.8 Å². The first-order chi connectivity index (χ1) is 18.9. The lowest BCUT2D eigenvalue weighted by atomic mass is 9.60. The zero-order valence-electron chi connectivity index (χ0n) is 24.1. The molecule has 228 valence electrons. The molecule has 1 N–H and O–H groups in total. The number of halogens is 2. The Morgan fingerprint density at radius 3 is 1.73 bits per heavy atom. The van der Waals surface area contributed by atoms with Gasteiger partial charge >= 0.3 is 0 Å². The van der Waals surface area contributed by atoms with Crippen molar-refractivity contribution in [1.82, 2.24) is 0 Å². The van der Waals surface area contributed by atoms with Gasteiger partial charge < -0.3 is 19.3 Å². The maximum atomic E-state index is 13.4. The van der Waals surface area contributed by atoms with Gasteiger partial charge in [-0.25, -0.2) is 16.8 Å². The van der Waals surface area contributed by atoms with Crippen molar-refractivity contribution in [3.05, 3.63) is 45.3 Å². The van der Waals surface area contributed by atoms with Gasteiger partial charge in [-0.3, -0.25) is 0 Å². The smallest absolute Gasteiger partial charge is 0.184 e. The van der Waals surface area contributed by atoms with Gasteiger partial charge in [0.1, 0.15) is 21.3 Å². The quantitative estimate of drug-likeness (QED) is 0.300. The van der Waals surface area contributed by atoms with E-state index in [2.05, 4.69) is 31.9 Å². The Labute approximate surface area is 260 Å². The zero-order chi connectivity index (χ0) is 30.6. The summed E-state index contributed by atoms with van der Waals surface area (Å²) in [4.78, 5) is 0.302. The normalized spacial score (nSPS) is 26.4. The van der Waals surface area contributed by atoms with E-state index in [1.54, 1.807) is 43.3 Å². The van der Waals surface area contributed by atoms with Crippen molar-refractivity contribution in [1.29, 1.82) is 0 Å². The van der Waals surface area contributed by atoms with Crippen LogP contribution in [0.5, 0.6) is 11.5 Å². The molecule has 1 atom stereocenters. The van der Waals surface area contributed by atoms with Crippen molar-refractivity contribution in [2.45, 2.75) is 84.9 Å². The summed E-state index contributed by atoms with van der Waals surface area (Å²) in [6.45, 7) is 7.51. The summed E-state index contributed by atoms with van der Waals surface area (Å²) < 4.78 is 71.7. The van der Waals surface area contributed by atoms with Crippen LogP contribution in [-0.2, 0) is 24.4 Å². The van der Waals surface area contributed by atoms with Crippen LogP contribution < -0.4 is 9.47 Å². The second-order valence-electron chi connectivity index (χ2n) is 12.2. The van der Waals surface area contributed by atoms with Gasteiger partial charge in [-0.05, 0) is 94.2 Å². The largest absolute Gasteiger partial charge is 0.495 e. The molecule has 8 nitrogen and oxygen atoms in total. The lowest BCUT2D eigenvalue weighted by Crippen LogP contribution is -2.58. The standard InChI is InChI=1S/C29H38Br2O8S2/c1-27(2,28(3)15-22(16-28)41(35,36)26-14-20(31)8-10-24(26)38-6)39-17-29(4,32)18-11-21(12-18)40(33,34)25-13-19(30)7-9-23(25)37-5/h7-10,13-14,18,21-22,32H,11-12,15-17H2,1-6H3. The van der Waals surface area contributed by atoms with Crippen LogP contribution in [-0.4, -0.2) is 64.5 Å². The van der Waals surface area contributed by atoms with Crippen molar-refractivity contribution < 1.29 is 36.2 Å². The van der Waals surface area contributed by atoms with Crippen molar-refractivity contribution in [3.8, 4) is 11.5 Å². The van der Waals surface area contributed by atoms with Crippen molar-refractivity contribution in [2.24, 2.45) is 11.3 Å². The molecule has 2 aromatic carbocycles. The van der Waals surface area contributed by atoms with Crippen LogP contribution in [0, 0.1) is 11.3 Å². The number of methoxy groups -OCH3 is 2. The highest BCUT2D eigenvalue weighted by molar-refractivity contribution is 9.10. The van der Waals surface area contributed by atoms with Crippen LogP contribution in [0.25, 0.3) is 0 Å². The van der Waals surface area contributed by atoms with E-state index in [1.807, 2.05) is 20.8 Å². The fourth-order valence-electron chi connectivity index (χ4n) is 5.71. The molecular weight excluding hydrogens is 700 g/mol. The molecule has 2 fully saturated rings. The SMILES string of the molecule is COc1ccc(Br)cc1S(=O)(=O)C1CC(C(C)(O)COC(C)(C)C2(C)CC(S(=O)(=O)c3cc(Br)ccc3OC)C2)C1. The third kappa shape index (κ3) is 6.11. The molecule has 12 heteroatoms. The van der Waals surface area contributed by atoms with Crippen LogP contribution in [0.15, 0.2) is 55.1 Å². The summed E-state index contributed by atoms with van der Waals surface area (Å²) >= 11 is 6.69. The number of benzene rings is 2. The molecule has 0 aliphatic heterocycles. The summed E-state index contributed by atoms with van der Waals surface area (Å²) in [7, 11) is -4.39. The third-order valence-electron chi connectivity index (χ3n) is 9.25. The molecule has 2 saturated carbocycles. The second kappa shape index (κ2) is 11.4. The highest BCUT2D eigenvalue weighted by Crippen LogP contribution is 2.55. The summed E-state index contributed by atoms with van der Waals surface area (Å²) in [6.07, 6.45) is 1.42. The average molecular weight is 739 g/mol. The highest BCUT2D eigenvalue weighted by Gasteiger charge is 2.57. The summed E-state index contributed by atoms with van der Waals surface area (Å²) in [5.74, 6) is 0.343. The van der Waals surface area contributed by atoms with E-state index in [0.717, 1.165) is 0 Å². The van der Waals surface area contributed by atoms with Gasteiger partial charge in [0.2, 0.25) is 0 Å². The maximum Gasteiger partial charge on any atom is 0.184 e. The fraction of sp³-hybridized carbons (Fsp3) is 0.586. The van der Waals surface area contributed by atoms with E-state index in [-0.39, 0.29) is 22.3 Å². The van der Waals surface area contributed by atoms with E-state index >= 15 is 0 Å². The number of ether oxygens (including phenoxy) is 3. The molecule has 0 radical (unpaired) electrons. The van der Waals surface area contributed by atoms with Crippen LogP contribution in [0.3, 0.4) is 0 Å². The molecule has 0 heterocycles. The van der Waals surface area contributed by atoms with Crippen LogP contribution >= 0.6 is 31.9 Å². The van der Waals surface area contributed by atoms with Gasteiger partial charge in [0.15, 0.2) is 19.7 Å². The monoisotopic (exact) mass is 736 g/mol. The van der Waals surface area contributed by atoms with Gasteiger partial charge in [0, 0.05) is 8.95 Å². The molecule has 4 rings (SSSR count). The molecular formula is C29H38Br2O8S2. The fourth-order valence-corrected chi connectivity index (χ4v) is 11.0. The Morgan fingerprint density at radius 2 is 1.29 bits per heavy atom. The Hall–Kier alpha value is -1.18. The molecule has 0 saturated heterocycles. The summed E-state index contributed by atoms with van der Waals surface area (Å²) in [6, 6.07) is 9.83. The van der Waals surface area contributed by atoms with E-state index in [0.29, 0.717) is 46.1 Å². The van der Waals surface area contributed by atoms with Crippen molar-refractivity contribution in [3.63, 3.8) is 0 Å². The predicted molar refractivity (Wildman–Crippen MR) is 164 cm³/mol. The number of sulfone groups is 2. The van der Waals surface area contributed by atoms with Crippen LogP contribution in [0.2, 0.25) is 0 Å². The van der Waals surface area contributed by atoms with Gasteiger partial charge in [0.25, 0.3) is 0 Å². The predicted octanol–water partition coefficient (Wildman–Crippen LogP) is 5.97. The first kappa shape index (κ1) is 32.7. The van der Waals surface area contributed by atoms with Gasteiger partial charge in [-0.2, -0.15) is 0 Å². The molecule has 0 bridgehead atoms. The Morgan fingerprint density at radius 1 is 0.854 bits per heavy atom. The van der Waals surface area contributed by atoms with E-state index in [4.69, 9.17) is 14.2 Å². The topological polar surface area (TPSA) is 116 Å². The molecule has 1 unspecified atom stereocenters. The molecule has 2 aliphatic rings. The van der Waals surface area contributed by atoms with Crippen LogP contribution in [0.1, 0.15) is 53.4 Å². The molecule has 0 aromatic heterocycles. The van der Waals surface area contributed by atoms with E-state index < -0.39 is 46.8 Å². The molecule has 0 amide bonds. The van der Waals surface area contributed by atoms with Crippen molar-refractivity contribution in [2.75, 3.05) is 20.8 Å². The van der Waals surface area contributed by atoms with Gasteiger partial charge in [-0.15, -0.1) is 0 Å². The van der Waals surface area contributed by atoms with Crippen molar-refractivity contribution >= 4 is 51.5 Å². The zero-order valence-corrected chi connectivity index (χ0v) is 28.9. The van der Waals surface area contributed by atoms with E-state index in [1.165, 1.54) is 14.2 Å². The van der Waals surface area contributed by atoms with Gasteiger partial charge in [0.05, 0.1) is 42.5 Å². The maximum absolute atomic E-state index is 13.4. The molecule has 2 aromatic rings. The number of rotatable bonds is 11. The van der Waals surface area contributed by atoms with E-state index in [9.17, 15) is 21.9 Å². The Balaban J connectivity index is 1.38. The lowest BCUT2D eigenvalue weighted by molar-refractivity contribution is -0.185. The number of hydrogen-bond acceptors (Lipinski definition) is 8. The Bertz CT molecular complexity index is 1510. The minimum Gasteiger partial charge on any atom is -0.495 e. The summed E-state index contributed by atoms with van der Waals surface area (Å²) in [5, 5.41) is 10.1. The minimum atomic E-state index is -3.65. The molecule has 2 aliphatic carbocycles. The average Bonchev–Trinajstić information content (AvgIpc) is 2.84. The Kier molecular flexibility index (Phi) is 9.09. The number of aliphatic hydroxyl groups is 1. The first-order valence-electron chi connectivity index (χ1n) is 13.4. The molecule has 0 spiro atoms. The first-order valence-corrected chi connectivity index (χ1v) is 18.1. The lowest BCUT2D eigenvalue weighted by Gasteiger charge is -2.55. The third-order valence-corrected chi connectivity index (χ3v) is 14.6. The number of hydrogen-bond donors (Lipinski definition) is 1. The highest BCUT2D eigenvalue weighted by atomic mass is 79.9. The summed E-state index contributed by atoms with van der Waals surface area (Å²) in [5.41, 5.74) is -2.42.